The molecular formula is C34H31N2+. The van der Waals surface area contributed by atoms with Gasteiger partial charge in [-0.2, -0.15) is 0 Å². The molecule has 0 bridgehead atoms. The summed E-state index contributed by atoms with van der Waals surface area (Å²) < 4.78 is 5.04. The zero-order valence-electron chi connectivity index (χ0n) is 21.6. The van der Waals surface area contributed by atoms with Crippen LogP contribution in [0.5, 0.6) is 0 Å². The summed E-state index contributed by atoms with van der Waals surface area (Å²) in [5.41, 5.74) is 11.2. The van der Waals surface area contributed by atoms with Gasteiger partial charge in [-0.25, -0.2) is 4.57 Å². The lowest BCUT2D eigenvalue weighted by molar-refractivity contribution is -0.643. The lowest BCUT2D eigenvalue weighted by atomic mass is 9.92. The van der Waals surface area contributed by atoms with E-state index in [-0.39, 0.29) is 0 Å². The smallest absolute Gasteiger partial charge is 0.224 e. The third-order valence-electron chi connectivity index (χ3n) is 9.29. The molecule has 0 spiro atoms. The Labute approximate surface area is 211 Å². The zero-order valence-corrected chi connectivity index (χ0v) is 21.6. The van der Waals surface area contributed by atoms with E-state index in [0.717, 1.165) is 0 Å². The van der Waals surface area contributed by atoms with Crippen LogP contribution in [0.3, 0.4) is 0 Å². The number of hydrogen-bond acceptors (Lipinski definition) is 0. The molecule has 2 nitrogen and oxygen atoms in total. The summed E-state index contributed by atoms with van der Waals surface area (Å²) in [5.74, 6) is 0.658. The predicted octanol–water partition coefficient (Wildman–Crippen LogP) is 8.55. The molecule has 7 aromatic rings. The molecule has 1 fully saturated rings. The minimum absolute atomic E-state index is 0.658. The van der Waals surface area contributed by atoms with Gasteiger partial charge in [0.2, 0.25) is 5.52 Å². The topological polar surface area (TPSA) is 8.29 Å². The summed E-state index contributed by atoms with van der Waals surface area (Å²) in [7, 11) is 2.22. The van der Waals surface area contributed by atoms with Gasteiger partial charge in [0, 0.05) is 16.8 Å². The van der Waals surface area contributed by atoms with E-state index in [2.05, 4.69) is 97.6 Å². The van der Waals surface area contributed by atoms with Crippen LogP contribution in [0.15, 0.2) is 60.8 Å². The van der Waals surface area contributed by atoms with E-state index in [4.69, 9.17) is 0 Å². The Morgan fingerprint density at radius 1 is 0.722 bits per heavy atom. The highest BCUT2D eigenvalue weighted by atomic mass is 15.0. The summed E-state index contributed by atoms with van der Waals surface area (Å²) in [6.45, 7) is 6.90. The van der Waals surface area contributed by atoms with Gasteiger partial charge in [0.1, 0.15) is 7.05 Å². The van der Waals surface area contributed by atoms with Crippen molar-refractivity contribution in [1.29, 1.82) is 0 Å². The number of fused-ring (bicyclic) bond motifs is 7. The molecule has 1 saturated carbocycles. The number of hydrogen-bond donors (Lipinski definition) is 0. The summed E-state index contributed by atoms with van der Waals surface area (Å²) in [5, 5.41) is 9.67. The first-order valence-corrected chi connectivity index (χ1v) is 13.5. The van der Waals surface area contributed by atoms with E-state index >= 15 is 0 Å². The molecule has 4 aromatic carbocycles. The number of nitrogens with zero attached hydrogens (tertiary/aromatic N) is 2. The van der Waals surface area contributed by atoms with Crippen molar-refractivity contribution in [1.82, 2.24) is 4.40 Å². The van der Waals surface area contributed by atoms with Crippen molar-refractivity contribution in [2.24, 2.45) is 7.05 Å². The normalized spacial score (nSPS) is 15.2. The van der Waals surface area contributed by atoms with Crippen LogP contribution < -0.4 is 4.57 Å². The highest BCUT2D eigenvalue weighted by molar-refractivity contribution is 6.29. The van der Waals surface area contributed by atoms with E-state index in [9.17, 15) is 0 Å². The molecule has 3 aromatic heterocycles. The van der Waals surface area contributed by atoms with Crippen LogP contribution in [0.4, 0.5) is 0 Å². The molecule has 3 heterocycles. The van der Waals surface area contributed by atoms with Gasteiger partial charge in [-0.1, -0.05) is 66.9 Å². The molecule has 1 aliphatic rings. The third-order valence-corrected chi connectivity index (χ3v) is 9.29. The van der Waals surface area contributed by atoms with Crippen molar-refractivity contribution >= 4 is 59.8 Å². The first kappa shape index (κ1) is 20.5. The minimum atomic E-state index is 0.658. The van der Waals surface area contributed by atoms with Gasteiger partial charge >= 0.3 is 0 Å². The van der Waals surface area contributed by atoms with Gasteiger partial charge in [0.15, 0.2) is 6.20 Å². The Kier molecular flexibility index (Phi) is 3.98. The van der Waals surface area contributed by atoms with E-state index in [0.29, 0.717) is 5.92 Å². The number of pyridine rings is 2. The van der Waals surface area contributed by atoms with Crippen LogP contribution in [-0.4, -0.2) is 4.40 Å². The quantitative estimate of drug-likeness (QED) is 0.130. The molecule has 176 valence electrons. The molecular weight excluding hydrogens is 436 g/mol. The minimum Gasteiger partial charge on any atom is -0.307 e. The van der Waals surface area contributed by atoms with Crippen molar-refractivity contribution in [3.8, 4) is 0 Å². The Balaban J connectivity index is 1.78. The summed E-state index contributed by atoms with van der Waals surface area (Å²) >= 11 is 0. The SMILES string of the molecule is Cc1ccc2c(C)c3c(c(C)c2c1)c1c2c(ccc4c5cccc(C6CCCC6)c5n3c42)cc[n+]1C. The fourth-order valence-corrected chi connectivity index (χ4v) is 7.61. The fourth-order valence-electron chi connectivity index (χ4n) is 7.61. The predicted molar refractivity (Wildman–Crippen MR) is 153 cm³/mol. The number of aryl methyl sites for hydroxylation is 4. The van der Waals surface area contributed by atoms with Crippen LogP contribution in [0.25, 0.3) is 59.8 Å². The van der Waals surface area contributed by atoms with Crippen molar-refractivity contribution in [2.75, 3.05) is 0 Å². The molecule has 0 saturated heterocycles. The van der Waals surface area contributed by atoms with Gasteiger partial charge in [-0.3, -0.25) is 0 Å². The van der Waals surface area contributed by atoms with Crippen LogP contribution in [0, 0.1) is 20.8 Å². The van der Waals surface area contributed by atoms with Gasteiger partial charge in [-0.15, -0.1) is 0 Å². The van der Waals surface area contributed by atoms with Crippen LogP contribution >= 0.6 is 0 Å². The highest BCUT2D eigenvalue weighted by Gasteiger charge is 2.28. The van der Waals surface area contributed by atoms with Crippen molar-refractivity contribution < 1.29 is 4.57 Å². The lowest BCUT2D eigenvalue weighted by Crippen LogP contribution is -2.29. The highest BCUT2D eigenvalue weighted by Crippen LogP contribution is 2.46. The molecule has 0 N–H and O–H groups in total. The Bertz CT molecular complexity index is 2030. The van der Waals surface area contributed by atoms with E-state index in [1.807, 2.05) is 0 Å². The maximum absolute atomic E-state index is 2.69. The van der Waals surface area contributed by atoms with Crippen LogP contribution in [-0.2, 0) is 7.05 Å². The van der Waals surface area contributed by atoms with Gasteiger partial charge in [-0.05, 0) is 72.4 Å². The van der Waals surface area contributed by atoms with Crippen LogP contribution in [0.2, 0.25) is 0 Å². The fraction of sp³-hybridized carbons (Fsp3) is 0.265. The molecule has 8 rings (SSSR count). The Morgan fingerprint density at radius 2 is 1.50 bits per heavy atom. The maximum atomic E-state index is 2.69. The van der Waals surface area contributed by atoms with Crippen molar-refractivity contribution in [2.45, 2.75) is 52.4 Å². The van der Waals surface area contributed by atoms with Crippen LogP contribution in [0.1, 0.15) is 53.9 Å². The molecule has 0 radical (unpaired) electrons. The average molecular weight is 468 g/mol. The lowest BCUT2D eigenvalue weighted by Gasteiger charge is -2.19. The largest absolute Gasteiger partial charge is 0.307 e. The first-order chi connectivity index (χ1) is 17.5. The standard InChI is InChI=1S/C34H31N2/c1-19-12-14-24-21(3)31-29(20(2)28(24)18-19)34-30-23(16-17-35(34)4)13-15-27-26-11-7-10-25(22-8-5-6-9-22)32(26)36(31)33(27)30/h7,10-18,22H,5-6,8-9H2,1-4H3/q+1. The van der Waals surface area contributed by atoms with E-state index in [1.165, 1.54) is 102 Å². The van der Waals surface area contributed by atoms with Gasteiger partial charge in [0.05, 0.1) is 27.3 Å². The van der Waals surface area contributed by atoms with Gasteiger partial charge in [0.25, 0.3) is 0 Å². The van der Waals surface area contributed by atoms with Crippen molar-refractivity contribution in [3.05, 3.63) is 83.0 Å². The number of rotatable bonds is 1. The number of benzene rings is 4. The second-order valence-corrected chi connectivity index (χ2v) is 11.3. The molecule has 0 atom stereocenters. The molecule has 0 unspecified atom stereocenters. The van der Waals surface area contributed by atoms with Gasteiger partial charge < -0.3 is 4.40 Å². The summed E-state index contributed by atoms with van der Waals surface area (Å²) in [4.78, 5) is 0. The molecule has 0 aliphatic heterocycles. The van der Waals surface area contributed by atoms with E-state index in [1.54, 1.807) is 5.56 Å². The number of aromatic nitrogens is 2. The average Bonchev–Trinajstić information content (AvgIpc) is 3.54. The molecule has 2 heteroatoms. The number of para-hydroxylation sites is 1. The monoisotopic (exact) mass is 467 g/mol. The maximum Gasteiger partial charge on any atom is 0.224 e. The molecule has 1 aliphatic carbocycles. The first-order valence-electron chi connectivity index (χ1n) is 13.5. The Hall–Kier alpha value is -3.65. The third kappa shape index (κ3) is 2.40. The van der Waals surface area contributed by atoms with E-state index < -0.39 is 0 Å². The Morgan fingerprint density at radius 3 is 2.33 bits per heavy atom. The second kappa shape index (κ2) is 6.97. The summed E-state index contributed by atoms with van der Waals surface area (Å²) in [6.07, 6.45) is 7.56. The molecule has 36 heavy (non-hydrogen) atoms. The zero-order chi connectivity index (χ0) is 24.3. The second-order valence-electron chi connectivity index (χ2n) is 11.3. The molecule has 0 amide bonds. The van der Waals surface area contributed by atoms with Crippen molar-refractivity contribution in [3.63, 3.8) is 0 Å². The summed E-state index contributed by atoms with van der Waals surface area (Å²) in [6, 6.07) is 21.1.